The van der Waals surface area contributed by atoms with Crippen molar-refractivity contribution >= 4 is 17.6 Å². The number of amides is 3. The molecule has 33 heavy (non-hydrogen) atoms. The molecule has 180 valence electrons. The number of rotatable bonds is 6. The number of carbonyl (C=O) groups is 2. The average molecular weight is 453 g/mol. The summed E-state index contributed by atoms with van der Waals surface area (Å²) in [5, 5.41) is 9.49. The summed E-state index contributed by atoms with van der Waals surface area (Å²) in [5.74, 6) is 3.09. The minimum atomic E-state index is -0.163. The van der Waals surface area contributed by atoms with E-state index in [0.29, 0.717) is 12.5 Å². The Morgan fingerprint density at radius 2 is 1.70 bits per heavy atom. The maximum atomic E-state index is 13.3. The summed E-state index contributed by atoms with van der Waals surface area (Å²) in [7, 11) is 0. The first-order valence-electron chi connectivity index (χ1n) is 13.0. The fraction of sp³-hybridized carbons (Fsp3) is 0.704. The average Bonchev–Trinajstić information content (AvgIpc) is 2.78. The second kappa shape index (κ2) is 9.28. The summed E-state index contributed by atoms with van der Waals surface area (Å²) in [6.45, 7) is 6.55. The summed E-state index contributed by atoms with van der Waals surface area (Å²) < 4.78 is 0. The predicted octanol–water partition coefficient (Wildman–Crippen LogP) is 4.30. The molecule has 1 saturated heterocycles. The van der Waals surface area contributed by atoms with Crippen molar-refractivity contribution in [3.05, 3.63) is 29.8 Å². The Balaban J connectivity index is 1.10. The van der Waals surface area contributed by atoms with Gasteiger partial charge in [-0.2, -0.15) is 0 Å². The minimum Gasteiger partial charge on any atom is -0.349 e. The third-order valence-corrected chi connectivity index (χ3v) is 8.76. The van der Waals surface area contributed by atoms with E-state index in [1.807, 2.05) is 31.2 Å². The van der Waals surface area contributed by atoms with Gasteiger partial charge < -0.3 is 16.0 Å². The number of carbonyl (C=O) groups excluding carboxylic acids is 2. The van der Waals surface area contributed by atoms with Crippen LogP contribution < -0.4 is 16.0 Å². The van der Waals surface area contributed by atoms with Gasteiger partial charge in [-0.25, -0.2) is 4.79 Å². The van der Waals surface area contributed by atoms with E-state index in [9.17, 15) is 9.59 Å². The largest absolute Gasteiger partial charge is 0.349 e. The fourth-order valence-corrected chi connectivity index (χ4v) is 7.46. The van der Waals surface area contributed by atoms with Gasteiger partial charge in [-0.3, -0.25) is 9.69 Å². The summed E-state index contributed by atoms with van der Waals surface area (Å²) >= 11 is 0. The molecular weight excluding hydrogens is 412 g/mol. The van der Waals surface area contributed by atoms with E-state index >= 15 is 0 Å². The van der Waals surface area contributed by atoms with Crippen LogP contribution in [0, 0.1) is 30.6 Å². The molecule has 2 atom stereocenters. The summed E-state index contributed by atoms with van der Waals surface area (Å²) in [4.78, 5) is 27.9. The first-order chi connectivity index (χ1) is 15.9. The first kappa shape index (κ1) is 22.7. The molecular formula is C27H40N4O2. The number of benzene rings is 1. The van der Waals surface area contributed by atoms with Gasteiger partial charge in [-0.05, 0) is 108 Å². The van der Waals surface area contributed by atoms with E-state index in [4.69, 9.17) is 0 Å². The van der Waals surface area contributed by atoms with Gasteiger partial charge in [0, 0.05) is 24.3 Å². The highest BCUT2D eigenvalue weighted by molar-refractivity contribution is 5.89. The molecule has 6 nitrogen and oxygen atoms in total. The highest BCUT2D eigenvalue weighted by Gasteiger charge is 2.51. The zero-order valence-electron chi connectivity index (χ0n) is 20.2. The topological polar surface area (TPSA) is 73.5 Å². The summed E-state index contributed by atoms with van der Waals surface area (Å²) in [6.07, 6.45) is 9.92. The molecule has 4 saturated carbocycles. The molecule has 6 rings (SSSR count). The number of aryl methyl sites for hydroxylation is 1. The van der Waals surface area contributed by atoms with Crippen LogP contribution in [-0.2, 0) is 4.79 Å². The quantitative estimate of drug-likeness (QED) is 0.602. The van der Waals surface area contributed by atoms with Crippen molar-refractivity contribution in [3.63, 3.8) is 0 Å². The van der Waals surface area contributed by atoms with E-state index in [0.717, 1.165) is 49.4 Å². The second-order valence-electron chi connectivity index (χ2n) is 11.6. The third kappa shape index (κ3) is 5.21. The molecule has 0 spiro atoms. The second-order valence-corrected chi connectivity index (χ2v) is 11.6. The van der Waals surface area contributed by atoms with Gasteiger partial charge >= 0.3 is 6.03 Å². The molecule has 5 fully saturated rings. The van der Waals surface area contributed by atoms with Gasteiger partial charge in [0.25, 0.3) is 0 Å². The Labute approximate surface area is 198 Å². The minimum absolute atomic E-state index is 0.0743. The molecule has 0 radical (unpaired) electrons. The van der Waals surface area contributed by atoms with Gasteiger partial charge in [0.2, 0.25) is 5.91 Å². The van der Waals surface area contributed by atoms with E-state index < -0.39 is 0 Å². The molecule has 1 aromatic rings. The summed E-state index contributed by atoms with van der Waals surface area (Å²) in [6, 6.07) is 7.54. The van der Waals surface area contributed by atoms with Crippen molar-refractivity contribution < 1.29 is 9.59 Å². The Bertz CT molecular complexity index is 832. The Kier molecular flexibility index (Phi) is 6.39. The number of hydrogen-bond acceptors (Lipinski definition) is 3. The van der Waals surface area contributed by atoms with Crippen LogP contribution in [0.2, 0.25) is 0 Å². The van der Waals surface area contributed by atoms with Crippen molar-refractivity contribution in [2.45, 2.75) is 76.8 Å². The van der Waals surface area contributed by atoms with Crippen LogP contribution in [0.5, 0.6) is 0 Å². The van der Waals surface area contributed by atoms with Crippen LogP contribution in [0.25, 0.3) is 0 Å². The predicted molar refractivity (Wildman–Crippen MR) is 131 cm³/mol. The van der Waals surface area contributed by atoms with E-state index in [2.05, 4.69) is 27.8 Å². The van der Waals surface area contributed by atoms with Gasteiger partial charge in [-0.15, -0.1) is 0 Å². The number of anilines is 1. The molecule has 1 aromatic carbocycles. The van der Waals surface area contributed by atoms with Crippen molar-refractivity contribution in [2.75, 3.05) is 25.0 Å². The Hall–Kier alpha value is -2.08. The number of likely N-dealkylation sites (tertiary alicyclic amines) is 1. The zero-order valence-corrected chi connectivity index (χ0v) is 20.2. The molecule has 5 aliphatic rings. The molecule has 6 heteroatoms. The van der Waals surface area contributed by atoms with Crippen LogP contribution in [0.3, 0.4) is 0 Å². The normalized spacial score (nSPS) is 34.0. The van der Waals surface area contributed by atoms with E-state index in [1.54, 1.807) is 0 Å². The van der Waals surface area contributed by atoms with Crippen molar-refractivity contribution in [2.24, 2.45) is 23.7 Å². The zero-order chi connectivity index (χ0) is 23.0. The Morgan fingerprint density at radius 1 is 1.06 bits per heavy atom. The lowest BCUT2D eigenvalue weighted by Crippen LogP contribution is -2.62. The van der Waals surface area contributed by atoms with Gasteiger partial charge in [0.05, 0.1) is 6.04 Å². The standard InChI is InChI=1S/C27H40N4O2/c1-18-5-7-24(8-6-18)29-26(33)28-16-20-4-3-9-31(17-20)19(2)25(32)30-27-13-21-10-22(14-27)12-23(11-21)15-27/h5-8,19-23H,3-4,9-17H2,1-2H3,(H,30,32)(H2,28,29,33)/t19-,20-,21?,22?,23?,27?/m1/s1. The highest BCUT2D eigenvalue weighted by Crippen LogP contribution is 2.55. The van der Waals surface area contributed by atoms with Gasteiger partial charge in [-0.1, -0.05) is 17.7 Å². The maximum absolute atomic E-state index is 13.3. The third-order valence-electron chi connectivity index (χ3n) is 8.76. The highest BCUT2D eigenvalue weighted by atomic mass is 16.2. The smallest absolute Gasteiger partial charge is 0.319 e. The van der Waals surface area contributed by atoms with Crippen LogP contribution in [0.15, 0.2) is 24.3 Å². The lowest BCUT2D eigenvalue weighted by Gasteiger charge is -2.57. The lowest BCUT2D eigenvalue weighted by molar-refractivity contribution is -0.132. The molecule has 3 amide bonds. The van der Waals surface area contributed by atoms with E-state index in [-0.39, 0.29) is 23.5 Å². The van der Waals surface area contributed by atoms with Crippen LogP contribution in [0.1, 0.15) is 63.9 Å². The number of urea groups is 1. The maximum Gasteiger partial charge on any atom is 0.319 e. The SMILES string of the molecule is Cc1ccc(NC(=O)NC[C@H]2CCCN([C@H](C)C(=O)NC34CC5CC(CC(C5)C3)C4)C2)cc1. The molecule has 4 bridgehead atoms. The summed E-state index contributed by atoms with van der Waals surface area (Å²) in [5.41, 5.74) is 2.05. The first-order valence-corrected chi connectivity index (χ1v) is 13.0. The number of hydrogen-bond donors (Lipinski definition) is 3. The number of nitrogens with one attached hydrogen (secondary N) is 3. The molecule has 1 heterocycles. The van der Waals surface area contributed by atoms with Crippen LogP contribution >= 0.6 is 0 Å². The number of nitrogens with zero attached hydrogens (tertiary/aromatic N) is 1. The molecule has 1 aliphatic heterocycles. The lowest BCUT2D eigenvalue weighted by atomic mass is 9.53. The van der Waals surface area contributed by atoms with E-state index in [1.165, 1.54) is 44.1 Å². The van der Waals surface area contributed by atoms with Gasteiger partial charge in [0.15, 0.2) is 0 Å². The van der Waals surface area contributed by atoms with Crippen LogP contribution in [-0.4, -0.2) is 48.1 Å². The van der Waals surface area contributed by atoms with Gasteiger partial charge in [0.1, 0.15) is 0 Å². The Morgan fingerprint density at radius 3 is 2.33 bits per heavy atom. The van der Waals surface area contributed by atoms with Crippen molar-refractivity contribution in [3.8, 4) is 0 Å². The molecule has 0 unspecified atom stereocenters. The fourth-order valence-electron chi connectivity index (χ4n) is 7.46. The van der Waals surface area contributed by atoms with Crippen molar-refractivity contribution in [1.29, 1.82) is 0 Å². The monoisotopic (exact) mass is 452 g/mol. The molecule has 4 aliphatic carbocycles. The number of piperidine rings is 1. The van der Waals surface area contributed by atoms with Crippen LogP contribution in [0.4, 0.5) is 10.5 Å². The molecule has 0 aromatic heterocycles. The molecule has 3 N–H and O–H groups in total. The van der Waals surface area contributed by atoms with Crippen molar-refractivity contribution in [1.82, 2.24) is 15.5 Å².